The van der Waals surface area contributed by atoms with Gasteiger partial charge in [-0.05, 0) is 28.5 Å². The molecule has 150 valence electrons. The third kappa shape index (κ3) is 4.90. The van der Waals surface area contributed by atoms with E-state index < -0.39 is 12.1 Å². The number of carboxylic acids is 1. The Hall–Kier alpha value is -3.30. The molecule has 1 aliphatic heterocycles. The molecule has 0 spiro atoms. The van der Waals surface area contributed by atoms with E-state index in [0.29, 0.717) is 13.0 Å². The van der Waals surface area contributed by atoms with Crippen molar-refractivity contribution < 1.29 is 37.3 Å². The van der Waals surface area contributed by atoms with Crippen LogP contribution >= 0.6 is 0 Å². The molecule has 1 fully saturated rings. The number of benzene rings is 2. The fourth-order valence-electron chi connectivity index (χ4n) is 2.80. The van der Waals surface area contributed by atoms with Gasteiger partial charge in [0.15, 0.2) is 0 Å². The Kier molecular flexibility index (Phi) is 6.45. The number of carbonyl (C=O) groups excluding carboxylic acids is 1. The molecule has 0 radical (unpaired) electrons. The molecule has 3 rings (SSSR count). The number of nitrogens with zero attached hydrogens (tertiary/aromatic N) is 1. The van der Waals surface area contributed by atoms with Crippen LogP contribution in [0.2, 0.25) is 0 Å². The Morgan fingerprint density at radius 1 is 1.36 bits per heavy atom. The van der Waals surface area contributed by atoms with Crippen molar-refractivity contribution in [3.05, 3.63) is 41.5 Å². The second kappa shape index (κ2) is 8.59. The second-order valence-electron chi connectivity index (χ2n) is 5.83. The van der Waals surface area contributed by atoms with Crippen molar-refractivity contribution in [3.63, 3.8) is 0 Å². The Bertz CT molecular complexity index is 912. The number of cyclic esters (lactones) is 1. The number of alkyl halides is 3. The average molecular weight is 398 g/mol. The average Bonchev–Trinajstić information content (AvgIpc) is 3.06. The number of carbonyl (C=O) groups is 2. The molecule has 10 heteroatoms. The van der Waals surface area contributed by atoms with Gasteiger partial charge in [-0.25, -0.2) is 4.79 Å². The normalized spacial score (nSPS) is 16.6. The predicted molar refractivity (Wildman–Crippen MR) is 94.3 cm³/mol. The first kappa shape index (κ1) is 21.0. The number of nitrogens with two attached hydrogens (primary N) is 1. The van der Waals surface area contributed by atoms with Gasteiger partial charge in [0, 0.05) is 11.5 Å². The zero-order chi connectivity index (χ0) is 20.9. The van der Waals surface area contributed by atoms with Gasteiger partial charge in [0.05, 0.1) is 26.4 Å². The molecular weight excluding hydrogens is 381 g/mol. The lowest BCUT2D eigenvalue weighted by Gasteiger charge is -2.16. The summed E-state index contributed by atoms with van der Waals surface area (Å²) in [6, 6.07) is 9.89. The monoisotopic (exact) mass is 398 g/mol. The number of carboxylic acid groups (broad SMARTS) is 1. The molecule has 0 aliphatic carbocycles. The Morgan fingerprint density at radius 2 is 2.00 bits per heavy atom. The molecule has 3 N–H and O–H groups in total. The van der Waals surface area contributed by atoms with Crippen molar-refractivity contribution in [2.24, 2.45) is 10.9 Å². The standard InChI is InChI=1S/C16H16N2O3.C2HF3O2/c1-20-14-5-4-11-3-2-10(8-18-17)6-13(11)16(14)12-7-15(19)21-9-12;3-2(4,5)1(6)7/h2-6,8,12H,7,9,17H2,1H3;(H,6,7). The highest BCUT2D eigenvalue weighted by Crippen LogP contribution is 2.38. The van der Waals surface area contributed by atoms with E-state index in [1.54, 1.807) is 13.3 Å². The summed E-state index contributed by atoms with van der Waals surface area (Å²) in [5.41, 5.74) is 1.91. The summed E-state index contributed by atoms with van der Waals surface area (Å²) < 4.78 is 42.3. The number of ether oxygens (including phenoxy) is 2. The molecule has 1 atom stereocenters. The van der Waals surface area contributed by atoms with Crippen LogP contribution in [0.15, 0.2) is 35.4 Å². The number of aliphatic carboxylic acids is 1. The van der Waals surface area contributed by atoms with Crippen LogP contribution < -0.4 is 10.6 Å². The van der Waals surface area contributed by atoms with Gasteiger partial charge < -0.3 is 20.4 Å². The van der Waals surface area contributed by atoms with Crippen molar-refractivity contribution in [3.8, 4) is 5.75 Å². The third-order valence-electron chi connectivity index (χ3n) is 4.00. The Labute approximate surface area is 157 Å². The summed E-state index contributed by atoms with van der Waals surface area (Å²) in [7, 11) is 1.63. The topological polar surface area (TPSA) is 111 Å². The fraction of sp³-hybridized carbons (Fsp3) is 0.278. The minimum atomic E-state index is -5.08. The molecule has 1 saturated heterocycles. The molecule has 1 unspecified atom stereocenters. The molecular formula is C18H17F3N2O5. The summed E-state index contributed by atoms with van der Waals surface area (Å²) in [6.07, 6.45) is -3.11. The first-order chi connectivity index (χ1) is 13.2. The Morgan fingerprint density at radius 3 is 2.50 bits per heavy atom. The summed E-state index contributed by atoms with van der Waals surface area (Å²) in [5, 5.41) is 12.8. The summed E-state index contributed by atoms with van der Waals surface area (Å²) in [4.78, 5) is 20.3. The maximum Gasteiger partial charge on any atom is 0.490 e. The quantitative estimate of drug-likeness (QED) is 0.356. The summed E-state index contributed by atoms with van der Waals surface area (Å²) in [6.45, 7) is 0.392. The first-order valence-corrected chi connectivity index (χ1v) is 7.97. The van der Waals surface area contributed by atoms with Crippen LogP contribution in [-0.4, -0.2) is 43.2 Å². The molecule has 2 aromatic rings. The molecule has 2 aromatic carbocycles. The number of methoxy groups -OCH3 is 1. The highest BCUT2D eigenvalue weighted by molar-refractivity contribution is 5.94. The van der Waals surface area contributed by atoms with Crippen LogP contribution in [-0.2, 0) is 14.3 Å². The number of hydrogen-bond donors (Lipinski definition) is 2. The van der Waals surface area contributed by atoms with Crippen LogP contribution in [0.1, 0.15) is 23.5 Å². The van der Waals surface area contributed by atoms with Crippen LogP contribution in [0.25, 0.3) is 10.8 Å². The van der Waals surface area contributed by atoms with Gasteiger partial charge in [-0.3, -0.25) is 4.79 Å². The smallest absolute Gasteiger partial charge is 0.490 e. The van der Waals surface area contributed by atoms with E-state index in [4.69, 9.17) is 25.2 Å². The zero-order valence-electron chi connectivity index (χ0n) is 14.7. The van der Waals surface area contributed by atoms with Crippen molar-refractivity contribution in [1.82, 2.24) is 0 Å². The van der Waals surface area contributed by atoms with Crippen LogP contribution in [0.5, 0.6) is 5.75 Å². The van der Waals surface area contributed by atoms with Crippen molar-refractivity contribution in [2.45, 2.75) is 18.5 Å². The zero-order valence-corrected chi connectivity index (χ0v) is 14.7. The van der Waals surface area contributed by atoms with Gasteiger partial charge in [0.25, 0.3) is 0 Å². The van der Waals surface area contributed by atoms with E-state index in [2.05, 4.69) is 5.10 Å². The van der Waals surface area contributed by atoms with E-state index >= 15 is 0 Å². The number of rotatable bonds is 3. The van der Waals surface area contributed by atoms with Crippen molar-refractivity contribution in [2.75, 3.05) is 13.7 Å². The predicted octanol–water partition coefficient (Wildman–Crippen LogP) is 2.80. The number of fused-ring (bicyclic) bond motifs is 1. The van der Waals surface area contributed by atoms with Gasteiger partial charge in [0.1, 0.15) is 5.75 Å². The van der Waals surface area contributed by atoms with Gasteiger partial charge in [0.2, 0.25) is 0 Å². The molecule has 1 aliphatic rings. The lowest BCUT2D eigenvalue weighted by Crippen LogP contribution is -2.21. The maximum absolute atomic E-state index is 11.4. The number of esters is 1. The lowest BCUT2D eigenvalue weighted by atomic mass is 9.91. The van der Waals surface area contributed by atoms with Gasteiger partial charge in [-0.1, -0.05) is 18.2 Å². The SMILES string of the molecule is COc1ccc2ccc(C=NN)cc2c1C1COC(=O)C1.O=C(O)C(F)(F)F. The van der Waals surface area contributed by atoms with E-state index in [9.17, 15) is 18.0 Å². The van der Waals surface area contributed by atoms with E-state index in [1.165, 1.54) is 0 Å². The minimum absolute atomic E-state index is 0.0150. The summed E-state index contributed by atoms with van der Waals surface area (Å²) >= 11 is 0. The van der Waals surface area contributed by atoms with Crippen LogP contribution in [0.3, 0.4) is 0 Å². The molecule has 0 amide bonds. The summed E-state index contributed by atoms with van der Waals surface area (Å²) in [5.74, 6) is 3.08. The van der Waals surface area contributed by atoms with E-state index in [1.807, 2.05) is 30.3 Å². The molecule has 1 heterocycles. The van der Waals surface area contributed by atoms with Crippen molar-refractivity contribution in [1.29, 1.82) is 0 Å². The maximum atomic E-state index is 11.4. The number of hydrazone groups is 1. The van der Waals surface area contributed by atoms with Crippen LogP contribution in [0, 0.1) is 0 Å². The molecule has 0 bridgehead atoms. The largest absolute Gasteiger partial charge is 0.496 e. The molecule has 0 saturated carbocycles. The van der Waals surface area contributed by atoms with Gasteiger partial charge >= 0.3 is 18.1 Å². The second-order valence-corrected chi connectivity index (χ2v) is 5.83. The van der Waals surface area contributed by atoms with E-state index in [-0.39, 0.29) is 11.9 Å². The van der Waals surface area contributed by atoms with Crippen LogP contribution in [0.4, 0.5) is 13.2 Å². The van der Waals surface area contributed by atoms with Gasteiger partial charge in [-0.15, -0.1) is 0 Å². The molecule has 7 nitrogen and oxygen atoms in total. The first-order valence-electron chi connectivity index (χ1n) is 7.97. The highest BCUT2D eigenvalue weighted by Gasteiger charge is 2.38. The minimum Gasteiger partial charge on any atom is -0.496 e. The highest BCUT2D eigenvalue weighted by atomic mass is 19.4. The lowest BCUT2D eigenvalue weighted by molar-refractivity contribution is -0.192. The van der Waals surface area contributed by atoms with E-state index in [0.717, 1.165) is 27.6 Å². The van der Waals surface area contributed by atoms with Gasteiger partial charge in [-0.2, -0.15) is 18.3 Å². The van der Waals surface area contributed by atoms with Crippen molar-refractivity contribution >= 4 is 28.9 Å². The Balaban J connectivity index is 0.000000345. The third-order valence-corrected chi connectivity index (χ3v) is 4.00. The molecule has 28 heavy (non-hydrogen) atoms. The number of hydrogen-bond acceptors (Lipinski definition) is 6. The fourth-order valence-corrected chi connectivity index (χ4v) is 2.80. The molecule has 0 aromatic heterocycles. The number of halogens is 3.